The lowest BCUT2D eigenvalue weighted by Gasteiger charge is -2.13. The van der Waals surface area contributed by atoms with Gasteiger partial charge in [-0.1, -0.05) is 30.3 Å². The molecule has 0 amide bonds. The average molecular weight is 331 g/mol. The number of ether oxygens (including phenoxy) is 1. The lowest BCUT2D eigenvalue weighted by molar-refractivity contribution is 0.414. The first kappa shape index (κ1) is 15.5. The Bertz CT molecular complexity index is 1030. The molecular formula is C21H21N3O. The summed E-state index contributed by atoms with van der Waals surface area (Å²) in [6.07, 6.45) is 0. The predicted molar refractivity (Wildman–Crippen MR) is 104 cm³/mol. The minimum atomic E-state index is 0.309. The van der Waals surface area contributed by atoms with E-state index in [1.54, 1.807) is 7.11 Å². The third-order valence-electron chi connectivity index (χ3n) is 4.31. The van der Waals surface area contributed by atoms with Gasteiger partial charge in [0.15, 0.2) is 0 Å². The largest absolute Gasteiger partial charge is 0.497 e. The molecule has 4 rings (SSSR count). The standard InChI is InChI=1S/C21H21N3O/c1-14(2)22-21-19-13-8-15-6-4-5-7-18(15)20(19)23-24(21)16-9-11-17(25-3)12-10-16/h4-14,22H,1-3H3. The van der Waals surface area contributed by atoms with Crippen LogP contribution in [0.15, 0.2) is 60.7 Å². The Balaban J connectivity index is 1.99. The highest BCUT2D eigenvalue weighted by atomic mass is 16.5. The quantitative estimate of drug-likeness (QED) is 0.571. The van der Waals surface area contributed by atoms with Crippen LogP contribution in [0.1, 0.15) is 13.8 Å². The van der Waals surface area contributed by atoms with E-state index in [1.165, 1.54) is 10.8 Å². The van der Waals surface area contributed by atoms with Crippen molar-refractivity contribution in [1.82, 2.24) is 9.78 Å². The summed E-state index contributed by atoms with van der Waals surface area (Å²) in [5.41, 5.74) is 2.02. The smallest absolute Gasteiger partial charge is 0.137 e. The summed E-state index contributed by atoms with van der Waals surface area (Å²) in [7, 11) is 1.68. The zero-order valence-corrected chi connectivity index (χ0v) is 14.7. The Kier molecular flexibility index (Phi) is 3.80. The van der Waals surface area contributed by atoms with Gasteiger partial charge < -0.3 is 10.1 Å². The second kappa shape index (κ2) is 6.13. The number of nitrogens with zero attached hydrogens (tertiary/aromatic N) is 2. The van der Waals surface area contributed by atoms with Crippen LogP contribution in [-0.4, -0.2) is 22.9 Å². The number of hydrogen-bond acceptors (Lipinski definition) is 3. The maximum atomic E-state index is 5.27. The number of hydrogen-bond donors (Lipinski definition) is 1. The Labute approximate surface area is 147 Å². The third kappa shape index (κ3) is 2.70. The molecule has 4 aromatic rings. The minimum absolute atomic E-state index is 0.309. The Morgan fingerprint density at radius 2 is 1.68 bits per heavy atom. The Morgan fingerprint density at radius 1 is 0.920 bits per heavy atom. The Morgan fingerprint density at radius 3 is 2.40 bits per heavy atom. The van der Waals surface area contributed by atoms with Gasteiger partial charge in [0.1, 0.15) is 17.1 Å². The molecule has 0 radical (unpaired) electrons. The fourth-order valence-electron chi connectivity index (χ4n) is 3.14. The van der Waals surface area contributed by atoms with Crippen molar-refractivity contribution in [1.29, 1.82) is 0 Å². The van der Waals surface area contributed by atoms with Crippen LogP contribution in [0.4, 0.5) is 5.82 Å². The van der Waals surface area contributed by atoms with Gasteiger partial charge in [0.25, 0.3) is 0 Å². The van der Waals surface area contributed by atoms with Crippen molar-refractivity contribution in [3.63, 3.8) is 0 Å². The maximum Gasteiger partial charge on any atom is 0.137 e. The zero-order valence-electron chi connectivity index (χ0n) is 14.7. The summed E-state index contributed by atoms with van der Waals surface area (Å²) in [5, 5.41) is 12.0. The number of aromatic nitrogens is 2. The van der Waals surface area contributed by atoms with E-state index in [1.807, 2.05) is 28.9 Å². The molecule has 25 heavy (non-hydrogen) atoms. The van der Waals surface area contributed by atoms with Crippen LogP contribution in [0.25, 0.3) is 27.4 Å². The average Bonchev–Trinajstić information content (AvgIpc) is 3.00. The van der Waals surface area contributed by atoms with E-state index >= 15 is 0 Å². The molecule has 0 saturated carbocycles. The molecule has 0 bridgehead atoms. The molecule has 3 aromatic carbocycles. The van der Waals surface area contributed by atoms with Crippen molar-refractivity contribution in [3.8, 4) is 11.4 Å². The van der Waals surface area contributed by atoms with Gasteiger partial charge in [0, 0.05) is 16.8 Å². The minimum Gasteiger partial charge on any atom is -0.497 e. The topological polar surface area (TPSA) is 39.1 Å². The molecule has 4 heteroatoms. The van der Waals surface area contributed by atoms with Gasteiger partial charge in [-0.2, -0.15) is 5.10 Å². The molecule has 0 aliphatic heterocycles. The molecule has 1 heterocycles. The maximum absolute atomic E-state index is 5.27. The molecule has 0 atom stereocenters. The van der Waals surface area contributed by atoms with Crippen molar-refractivity contribution >= 4 is 27.5 Å². The first-order chi connectivity index (χ1) is 12.2. The molecule has 0 aliphatic carbocycles. The van der Waals surface area contributed by atoms with E-state index < -0.39 is 0 Å². The second-order valence-corrected chi connectivity index (χ2v) is 6.44. The van der Waals surface area contributed by atoms with Crippen LogP contribution in [0, 0.1) is 0 Å². The van der Waals surface area contributed by atoms with Gasteiger partial charge in [0.2, 0.25) is 0 Å². The van der Waals surface area contributed by atoms with Crippen LogP contribution in [0.2, 0.25) is 0 Å². The van der Waals surface area contributed by atoms with Crippen LogP contribution < -0.4 is 10.1 Å². The molecule has 4 nitrogen and oxygen atoms in total. The van der Waals surface area contributed by atoms with Crippen LogP contribution >= 0.6 is 0 Å². The van der Waals surface area contributed by atoms with Gasteiger partial charge >= 0.3 is 0 Å². The summed E-state index contributed by atoms with van der Waals surface area (Å²) in [5.74, 6) is 1.85. The third-order valence-corrected chi connectivity index (χ3v) is 4.31. The molecule has 0 fully saturated rings. The first-order valence-corrected chi connectivity index (χ1v) is 8.49. The summed E-state index contributed by atoms with van der Waals surface area (Å²) >= 11 is 0. The van der Waals surface area contributed by atoms with E-state index in [0.717, 1.165) is 28.2 Å². The number of rotatable bonds is 4. The molecule has 0 unspecified atom stereocenters. The number of benzene rings is 3. The van der Waals surface area contributed by atoms with Gasteiger partial charge in [-0.15, -0.1) is 0 Å². The van der Waals surface area contributed by atoms with Crippen molar-refractivity contribution in [2.75, 3.05) is 12.4 Å². The van der Waals surface area contributed by atoms with Gasteiger partial charge in [-0.05, 0) is 49.6 Å². The van der Waals surface area contributed by atoms with Crippen LogP contribution in [0.3, 0.4) is 0 Å². The summed E-state index contributed by atoms with van der Waals surface area (Å²) < 4.78 is 7.25. The lowest BCUT2D eigenvalue weighted by Crippen LogP contribution is -2.13. The highest BCUT2D eigenvalue weighted by molar-refractivity contribution is 6.09. The Hall–Kier alpha value is -3.01. The fourth-order valence-corrected chi connectivity index (χ4v) is 3.14. The molecule has 1 aromatic heterocycles. The fraction of sp³-hybridized carbons (Fsp3) is 0.190. The molecule has 0 saturated heterocycles. The highest BCUT2D eigenvalue weighted by Gasteiger charge is 2.15. The number of fused-ring (bicyclic) bond motifs is 3. The van der Waals surface area contributed by atoms with Crippen molar-refractivity contribution in [2.24, 2.45) is 0 Å². The summed E-state index contributed by atoms with van der Waals surface area (Å²) in [6.45, 7) is 4.27. The molecule has 126 valence electrons. The number of methoxy groups -OCH3 is 1. The zero-order chi connectivity index (χ0) is 17.4. The molecule has 1 N–H and O–H groups in total. The van der Waals surface area contributed by atoms with Crippen LogP contribution in [-0.2, 0) is 0 Å². The summed E-state index contributed by atoms with van der Waals surface area (Å²) in [4.78, 5) is 0. The summed E-state index contributed by atoms with van der Waals surface area (Å²) in [6, 6.07) is 20.9. The number of nitrogens with one attached hydrogen (secondary N) is 1. The van der Waals surface area contributed by atoms with Gasteiger partial charge in [-0.3, -0.25) is 0 Å². The van der Waals surface area contributed by atoms with Crippen molar-refractivity contribution < 1.29 is 4.74 Å². The van der Waals surface area contributed by atoms with E-state index in [2.05, 4.69) is 55.6 Å². The van der Waals surface area contributed by atoms with E-state index in [-0.39, 0.29) is 0 Å². The first-order valence-electron chi connectivity index (χ1n) is 8.49. The van der Waals surface area contributed by atoms with E-state index in [9.17, 15) is 0 Å². The van der Waals surface area contributed by atoms with Crippen molar-refractivity contribution in [2.45, 2.75) is 19.9 Å². The molecular weight excluding hydrogens is 310 g/mol. The van der Waals surface area contributed by atoms with Crippen LogP contribution in [0.5, 0.6) is 5.75 Å². The van der Waals surface area contributed by atoms with E-state index in [0.29, 0.717) is 6.04 Å². The monoisotopic (exact) mass is 331 g/mol. The lowest BCUT2D eigenvalue weighted by atomic mass is 10.1. The molecule has 0 aliphatic rings. The van der Waals surface area contributed by atoms with Gasteiger partial charge in [0.05, 0.1) is 12.8 Å². The normalized spacial score (nSPS) is 11.4. The SMILES string of the molecule is COc1ccc(-n2nc3c(ccc4ccccc43)c2NC(C)C)cc1. The predicted octanol–water partition coefficient (Wildman–Crippen LogP) is 5.01. The van der Waals surface area contributed by atoms with Gasteiger partial charge in [-0.25, -0.2) is 4.68 Å². The van der Waals surface area contributed by atoms with E-state index in [4.69, 9.17) is 9.84 Å². The second-order valence-electron chi connectivity index (χ2n) is 6.44. The molecule has 0 spiro atoms. The van der Waals surface area contributed by atoms with Crippen molar-refractivity contribution in [3.05, 3.63) is 60.7 Å². The highest BCUT2D eigenvalue weighted by Crippen LogP contribution is 2.32. The number of anilines is 1.